The minimum atomic E-state index is -0.180. The molecule has 21 heavy (non-hydrogen) atoms. The van der Waals surface area contributed by atoms with Crippen LogP contribution in [-0.2, 0) is 9.47 Å². The highest BCUT2D eigenvalue weighted by molar-refractivity contribution is 5.21. The molecule has 1 aromatic carbocycles. The van der Waals surface area contributed by atoms with Crippen molar-refractivity contribution in [2.75, 3.05) is 33.9 Å². The van der Waals surface area contributed by atoms with Crippen molar-refractivity contribution in [3.63, 3.8) is 0 Å². The van der Waals surface area contributed by atoms with Crippen LogP contribution in [0.3, 0.4) is 0 Å². The van der Waals surface area contributed by atoms with Crippen molar-refractivity contribution in [1.82, 2.24) is 5.32 Å². The van der Waals surface area contributed by atoms with Gasteiger partial charge in [-0.15, -0.1) is 0 Å². The van der Waals surface area contributed by atoms with E-state index in [1.165, 1.54) is 6.07 Å². The molecule has 1 N–H and O–H groups in total. The first-order chi connectivity index (χ1) is 9.98. The average Bonchev–Trinajstić information content (AvgIpc) is 2.46. The summed E-state index contributed by atoms with van der Waals surface area (Å²) in [5.41, 5.74) is 0.879. The maximum atomic E-state index is 13.4. The van der Waals surface area contributed by atoms with Crippen LogP contribution in [0.1, 0.15) is 38.2 Å². The molecule has 120 valence electrons. The van der Waals surface area contributed by atoms with E-state index in [0.29, 0.717) is 6.61 Å². The van der Waals surface area contributed by atoms with E-state index in [1.54, 1.807) is 26.4 Å². The van der Waals surface area contributed by atoms with Crippen molar-refractivity contribution in [1.29, 1.82) is 0 Å². The van der Waals surface area contributed by atoms with Gasteiger partial charge >= 0.3 is 0 Å². The lowest BCUT2D eigenvalue weighted by Gasteiger charge is -2.26. The zero-order valence-electron chi connectivity index (χ0n) is 13.6. The molecular formula is C17H28FNO2. The molecular weight excluding hydrogens is 269 g/mol. The zero-order valence-corrected chi connectivity index (χ0v) is 13.6. The van der Waals surface area contributed by atoms with E-state index in [1.807, 2.05) is 6.07 Å². The Labute approximate surface area is 127 Å². The van der Waals surface area contributed by atoms with Gasteiger partial charge in [0.05, 0.1) is 12.2 Å². The van der Waals surface area contributed by atoms with Crippen molar-refractivity contribution in [3.8, 4) is 0 Å². The summed E-state index contributed by atoms with van der Waals surface area (Å²) in [5.74, 6) is 0.0902. The van der Waals surface area contributed by atoms with Crippen molar-refractivity contribution < 1.29 is 13.9 Å². The molecule has 0 spiro atoms. The van der Waals surface area contributed by atoms with Crippen molar-refractivity contribution >= 4 is 0 Å². The Hall–Kier alpha value is -0.970. The van der Waals surface area contributed by atoms with E-state index < -0.39 is 0 Å². The fourth-order valence-corrected chi connectivity index (χ4v) is 2.22. The van der Waals surface area contributed by atoms with Crippen molar-refractivity contribution in [2.24, 2.45) is 0 Å². The SMILES string of the molecule is COCCNCC(CCC(C)(C)OC)c1cccc(F)c1. The molecule has 1 rings (SSSR count). The third kappa shape index (κ3) is 7.02. The smallest absolute Gasteiger partial charge is 0.123 e. The van der Waals surface area contributed by atoms with Crippen molar-refractivity contribution in [2.45, 2.75) is 38.2 Å². The first kappa shape index (κ1) is 18.1. The van der Waals surface area contributed by atoms with E-state index in [-0.39, 0.29) is 17.3 Å². The van der Waals surface area contributed by atoms with Gasteiger partial charge in [0.25, 0.3) is 0 Å². The molecule has 3 nitrogen and oxygen atoms in total. The van der Waals surface area contributed by atoms with Crippen LogP contribution in [0.4, 0.5) is 4.39 Å². The van der Waals surface area contributed by atoms with Gasteiger partial charge in [0, 0.05) is 27.3 Å². The summed E-state index contributed by atoms with van der Waals surface area (Å²) in [4.78, 5) is 0. The Morgan fingerprint density at radius 3 is 2.67 bits per heavy atom. The van der Waals surface area contributed by atoms with Gasteiger partial charge in [0.1, 0.15) is 5.82 Å². The molecule has 0 aliphatic carbocycles. The second-order valence-electron chi connectivity index (χ2n) is 5.95. The highest BCUT2D eigenvalue weighted by atomic mass is 19.1. The van der Waals surface area contributed by atoms with E-state index in [0.717, 1.165) is 31.5 Å². The van der Waals surface area contributed by atoms with Crippen LogP contribution in [0.5, 0.6) is 0 Å². The Bertz CT molecular complexity index is 410. The first-order valence-electron chi connectivity index (χ1n) is 7.49. The predicted molar refractivity (Wildman–Crippen MR) is 84.2 cm³/mol. The fraction of sp³-hybridized carbons (Fsp3) is 0.647. The van der Waals surface area contributed by atoms with Crippen LogP contribution in [0.15, 0.2) is 24.3 Å². The molecule has 1 atom stereocenters. The predicted octanol–water partition coefficient (Wildman–Crippen LogP) is 3.35. The summed E-state index contributed by atoms with van der Waals surface area (Å²) in [5, 5.41) is 3.37. The van der Waals surface area contributed by atoms with Gasteiger partial charge in [-0.25, -0.2) is 4.39 Å². The number of methoxy groups -OCH3 is 2. The molecule has 0 aromatic heterocycles. The first-order valence-corrected chi connectivity index (χ1v) is 7.49. The van der Waals surface area contributed by atoms with Gasteiger partial charge in [-0.1, -0.05) is 12.1 Å². The van der Waals surface area contributed by atoms with Crippen LogP contribution < -0.4 is 5.32 Å². The molecule has 0 heterocycles. The molecule has 4 heteroatoms. The average molecular weight is 297 g/mol. The number of hydrogen-bond donors (Lipinski definition) is 1. The molecule has 0 aliphatic heterocycles. The lowest BCUT2D eigenvalue weighted by Crippen LogP contribution is -2.28. The second kappa shape index (κ2) is 9.13. The van der Waals surface area contributed by atoms with Crippen LogP contribution in [0.25, 0.3) is 0 Å². The van der Waals surface area contributed by atoms with Gasteiger partial charge in [-0.05, 0) is 50.3 Å². The van der Waals surface area contributed by atoms with E-state index in [4.69, 9.17) is 9.47 Å². The van der Waals surface area contributed by atoms with E-state index in [9.17, 15) is 4.39 Å². The second-order valence-corrected chi connectivity index (χ2v) is 5.95. The zero-order chi connectivity index (χ0) is 15.7. The molecule has 0 saturated heterocycles. The number of hydrogen-bond acceptors (Lipinski definition) is 3. The van der Waals surface area contributed by atoms with E-state index in [2.05, 4.69) is 19.2 Å². The summed E-state index contributed by atoms with van der Waals surface area (Å²) in [6.07, 6.45) is 1.88. The van der Waals surface area contributed by atoms with Gasteiger partial charge in [-0.3, -0.25) is 0 Å². The summed E-state index contributed by atoms with van der Waals surface area (Å²) >= 11 is 0. The maximum Gasteiger partial charge on any atom is 0.123 e. The largest absolute Gasteiger partial charge is 0.383 e. The van der Waals surface area contributed by atoms with Gasteiger partial charge in [0.15, 0.2) is 0 Å². The van der Waals surface area contributed by atoms with Gasteiger partial charge < -0.3 is 14.8 Å². The van der Waals surface area contributed by atoms with Crippen LogP contribution in [0, 0.1) is 5.82 Å². The molecule has 0 bridgehead atoms. The lowest BCUT2D eigenvalue weighted by molar-refractivity contribution is 0.0123. The third-order valence-electron chi connectivity index (χ3n) is 3.84. The van der Waals surface area contributed by atoms with Crippen molar-refractivity contribution in [3.05, 3.63) is 35.6 Å². The van der Waals surface area contributed by atoms with Crippen LogP contribution >= 0.6 is 0 Å². The normalized spacial score (nSPS) is 13.4. The number of benzene rings is 1. The Balaban J connectivity index is 2.65. The van der Waals surface area contributed by atoms with Crippen LogP contribution in [-0.4, -0.2) is 39.5 Å². The number of ether oxygens (including phenoxy) is 2. The number of nitrogens with one attached hydrogen (secondary N) is 1. The molecule has 0 radical (unpaired) electrons. The highest BCUT2D eigenvalue weighted by Crippen LogP contribution is 2.26. The monoisotopic (exact) mass is 297 g/mol. The minimum absolute atomic E-state index is 0.155. The number of rotatable bonds is 10. The summed E-state index contributed by atoms with van der Waals surface area (Å²) < 4.78 is 24.0. The van der Waals surface area contributed by atoms with E-state index >= 15 is 0 Å². The molecule has 1 aromatic rings. The number of halogens is 1. The molecule has 1 unspecified atom stereocenters. The summed E-state index contributed by atoms with van der Waals surface area (Å²) in [6.45, 7) is 6.45. The topological polar surface area (TPSA) is 30.5 Å². The Morgan fingerprint density at radius 2 is 2.05 bits per heavy atom. The van der Waals surface area contributed by atoms with Crippen LogP contribution in [0.2, 0.25) is 0 Å². The molecule has 0 saturated carbocycles. The molecule has 0 amide bonds. The maximum absolute atomic E-state index is 13.4. The summed E-state index contributed by atoms with van der Waals surface area (Å²) in [7, 11) is 3.42. The minimum Gasteiger partial charge on any atom is -0.383 e. The lowest BCUT2D eigenvalue weighted by atomic mass is 9.89. The fourth-order valence-electron chi connectivity index (χ4n) is 2.22. The summed E-state index contributed by atoms with van der Waals surface area (Å²) in [6, 6.07) is 6.88. The standard InChI is InChI=1S/C17H28FNO2/c1-17(2,21-4)9-8-15(13-19-10-11-20-3)14-6-5-7-16(18)12-14/h5-7,12,15,19H,8-11,13H2,1-4H3. The molecule has 0 fully saturated rings. The highest BCUT2D eigenvalue weighted by Gasteiger charge is 2.20. The Kier molecular flexibility index (Phi) is 7.86. The van der Waals surface area contributed by atoms with Gasteiger partial charge in [-0.2, -0.15) is 0 Å². The van der Waals surface area contributed by atoms with Gasteiger partial charge in [0.2, 0.25) is 0 Å². The Morgan fingerprint density at radius 1 is 1.29 bits per heavy atom. The third-order valence-corrected chi connectivity index (χ3v) is 3.84. The molecule has 0 aliphatic rings. The quantitative estimate of drug-likeness (QED) is 0.672.